The lowest BCUT2D eigenvalue weighted by molar-refractivity contribution is 0.845. The van der Waals surface area contributed by atoms with Crippen LogP contribution in [0.1, 0.15) is 115 Å². The Morgan fingerprint density at radius 2 is 0.867 bits per heavy atom. The zero-order chi connectivity index (χ0) is 22.6. The molecule has 0 aliphatic heterocycles. The SMILES string of the molecule is CC(=Nc1cc(C(C)C)ccc1C(C)C)C(C)=Nc1cc(C(C)C)ccc1C(C)C. The highest BCUT2D eigenvalue weighted by atomic mass is 14.8. The van der Waals surface area contributed by atoms with Gasteiger partial charge in [-0.25, -0.2) is 0 Å². The molecule has 2 aromatic rings. The molecular weight excluding hydrogens is 364 g/mol. The zero-order valence-corrected chi connectivity index (χ0v) is 20.7. The summed E-state index contributed by atoms with van der Waals surface area (Å²) in [6.07, 6.45) is 0. The summed E-state index contributed by atoms with van der Waals surface area (Å²) in [6, 6.07) is 13.4. The molecule has 0 aliphatic rings. The topological polar surface area (TPSA) is 24.7 Å². The van der Waals surface area contributed by atoms with E-state index in [4.69, 9.17) is 9.98 Å². The second kappa shape index (κ2) is 10.2. The average Bonchev–Trinajstić information content (AvgIpc) is 2.67. The van der Waals surface area contributed by atoms with Gasteiger partial charge in [-0.1, -0.05) is 79.7 Å². The molecule has 2 aromatic carbocycles. The summed E-state index contributed by atoms with van der Waals surface area (Å²) in [4.78, 5) is 10.1. The predicted molar refractivity (Wildman–Crippen MR) is 135 cm³/mol. The largest absolute Gasteiger partial charge is 0.252 e. The van der Waals surface area contributed by atoms with Crippen LogP contribution in [0.3, 0.4) is 0 Å². The Balaban J connectivity index is 2.53. The zero-order valence-electron chi connectivity index (χ0n) is 20.7. The summed E-state index contributed by atoms with van der Waals surface area (Å²) in [6.45, 7) is 22.0. The fraction of sp³-hybridized carbons (Fsp3) is 0.500. The first-order valence-electron chi connectivity index (χ1n) is 11.4. The van der Waals surface area contributed by atoms with Crippen LogP contribution in [0.2, 0.25) is 0 Å². The summed E-state index contributed by atoms with van der Waals surface area (Å²) in [5.74, 6) is 1.85. The lowest BCUT2D eigenvalue weighted by Crippen LogP contribution is -2.06. The summed E-state index contributed by atoms with van der Waals surface area (Å²) < 4.78 is 0. The molecule has 0 saturated carbocycles. The standard InChI is InChI=1S/C28H40N2/c1-17(2)23-11-13-25(19(5)6)27(15-23)29-21(9)22(10)30-28-16-24(18(3)4)12-14-26(28)20(7)8/h11-20H,1-10H3. The van der Waals surface area contributed by atoms with Gasteiger partial charge in [-0.2, -0.15) is 0 Å². The maximum atomic E-state index is 5.04. The van der Waals surface area contributed by atoms with Crippen LogP contribution < -0.4 is 0 Å². The Morgan fingerprint density at radius 3 is 1.13 bits per heavy atom. The van der Waals surface area contributed by atoms with Crippen molar-refractivity contribution >= 4 is 22.8 Å². The van der Waals surface area contributed by atoms with Crippen LogP contribution in [0.5, 0.6) is 0 Å². The van der Waals surface area contributed by atoms with E-state index < -0.39 is 0 Å². The molecule has 0 bridgehead atoms. The van der Waals surface area contributed by atoms with Gasteiger partial charge in [-0.3, -0.25) is 9.98 Å². The third-order valence-corrected chi connectivity index (χ3v) is 5.79. The molecule has 0 unspecified atom stereocenters. The van der Waals surface area contributed by atoms with E-state index in [-0.39, 0.29) is 0 Å². The van der Waals surface area contributed by atoms with E-state index in [1.54, 1.807) is 0 Å². The van der Waals surface area contributed by atoms with Crippen molar-refractivity contribution in [2.75, 3.05) is 0 Å². The molecule has 0 N–H and O–H groups in total. The quantitative estimate of drug-likeness (QED) is 0.411. The van der Waals surface area contributed by atoms with Gasteiger partial charge in [0.2, 0.25) is 0 Å². The number of hydrogen-bond acceptors (Lipinski definition) is 2. The van der Waals surface area contributed by atoms with Crippen LogP contribution >= 0.6 is 0 Å². The van der Waals surface area contributed by atoms with Crippen molar-refractivity contribution in [3.05, 3.63) is 58.7 Å². The highest BCUT2D eigenvalue weighted by Gasteiger charge is 2.12. The first-order valence-corrected chi connectivity index (χ1v) is 11.4. The summed E-state index contributed by atoms with van der Waals surface area (Å²) in [7, 11) is 0. The van der Waals surface area contributed by atoms with Gasteiger partial charge in [0.1, 0.15) is 0 Å². The highest BCUT2D eigenvalue weighted by molar-refractivity contribution is 6.41. The normalized spacial score (nSPS) is 13.3. The first-order chi connectivity index (χ1) is 14.0. The second-order valence-corrected chi connectivity index (χ2v) is 9.65. The highest BCUT2D eigenvalue weighted by Crippen LogP contribution is 2.32. The summed E-state index contributed by atoms with van der Waals surface area (Å²) in [5, 5.41) is 0. The van der Waals surface area contributed by atoms with Crippen LogP contribution in [-0.2, 0) is 0 Å². The molecule has 0 fully saturated rings. The van der Waals surface area contributed by atoms with Crippen molar-refractivity contribution in [3.63, 3.8) is 0 Å². The summed E-state index contributed by atoms with van der Waals surface area (Å²) in [5.41, 5.74) is 9.32. The van der Waals surface area contributed by atoms with Crippen molar-refractivity contribution in [1.29, 1.82) is 0 Å². The first kappa shape index (κ1) is 24.1. The molecule has 0 heterocycles. The molecule has 2 rings (SSSR count). The van der Waals surface area contributed by atoms with Gasteiger partial charge in [0.25, 0.3) is 0 Å². The number of rotatable bonds is 7. The van der Waals surface area contributed by atoms with Gasteiger partial charge in [0.15, 0.2) is 0 Å². The maximum absolute atomic E-state index is 5.04. The van der Waals surface area contributed by atoms with Gasteiger partial charge >= 0.3 is 0 Å². The van der Waals surface area contributed by atoms with Crippen LogP contribution in [-0.4, -0.2) is 11.4 Å². The Hall–Kier alpha value is -2.22. The van der Waals surface area contributed by atoms with Crippen molar-refractivity contribution in [1.82, 2.24) is 0 Å². The molecule has 2 nitrogen and oxygen atoms in total. The molecule has 0 radical (unpaired) electrons. The van der Waals surface area contributed by atoms with Gasteiger partial charge in [-0.05, 0) is 71.9 Å². The molecular formula is C28H40N2. The Labute approximate surface area is 184 Å². The number of aliphatic imine (C=N–C) groups is 2. The van der Waals surface area contributed by atoms with Crippen molar-refractivity contribution in [3.8, 4) is 0 Å². The van der Waals surface area contributed by atoms with Gasteiger partial charge in [-0.15, -0.1) is 0 Å². The van der Waals surface area contributed by atoms with Crippen LogP contribution in [0.25, 0.3) is 0 Å². The monoisotopic (exact) mass is 404 g/mol. The minimum absolute atomic E-state index is 0.435. The van der Waals surface area contributed by atoms with Gasteiger partial charge in [0, 0.05) is 0 Å². The van der Waals surface area contributed by atoms with E-state index in [2.05, 4.69) is 106 Å². The van der Waals surface area contributed by atoms with E-state index in [0.29, 0.717) is 23.7 Å². The fourth-order valence-electron chi connectivity index (χ4n) is 3.53. The van der Waals surface area contributed by atoms with Crippen molar-refractivity contribution in [2.45, 2.75) is 92.9 Å². The molecule has 0 atom stereocenters. The van der Waals surface area contributed by atoms with E-state index in [9.17, 15) is 0 Å². The van der Waals surface area contributed by atoms with Crippen molar-refractivity contribution < 1.29 is 0 Å². The number of hydrogen-bond donors (Lipinski definition) is 0. The minimum atomic E-state index is 0.435. The third kappa shape index (κ3) is 5.90. The molecule has 30 heavy (non-hydrogen) atoms. The Morgan fingerprint density at radius 1 is 0.533 bits per heavy atom. The lowest BCUT2D eigenvalue weighted by atomic mass is 9.95. The smallest absolute Gasteiger partial charge is 0.0671 e. The number of benzene rings is 2. The van der Waals surface area contributed by atoms with Gasteiger partial charge in [0.05, 0.1) is 22.8 Å². The number of nitrogens with zero attached hydrogens (tertiary/aromatic N) is 2. The van der Waals surface area contributed by atoms with Crippen LogP contribution in [0, 0.1) is 0 Å². The maximum Gasteiger partial charge on any atom is 0.0671 e. The molecule has 0 aliphatic carbocycles. The molecule has 0 saturated heterocycles. The lowest BCUT2D eigenvalue weighted by Gasteiger charge is -2.15. The molecule has 0 aromatic heterocycles. The molecule has 0 spiro atoms. The van der Waals surface area contributed by atoms with E-state index in [0.717, 1.165) is 22.8 Å². The third-order valence-electron chi connectivity index (χ3n) is 5.79. The van der Waals surface area contributed by atoms with Crippen molar-refractivity contribution in [2.24, 2.45) is 9.98 Å². The van der Waals surface area contributed by atoms with E-state index >= 15 is 0 Å². The molecule has 162 valence electrons. The summed E-state index contributed by atoms with van der Waals surface area (Å²) >= 11 is 0. The molecule has 2 heteroatoms. The fourth-order valence-corrected chi connectivity index (χ4v) is 3.53. The Kier molecular flexibility index (Phi) is 8.18. The van der Waals surface area contributed by atoms with E-state index in [1.165, 1.54) is 22.3 Å². The minimum Gasteiger partial charge on any atom is -0.252 e. The van der Waals surface area contributed by atoms with Crippen LogP contribution in [0.15, 0.2) is 46.4 Å². The second-order valence-electron chi connectivity index (χ2n) is 9.65. The Bertz CT molecular complexity index is 850. The van der Waals surface area contributed by atoms with Gasteiger partial charge < -0.3 is 0 Å². The van der Waals surface area contributed by atoms with E-state index in [1.807, 2.05) is 0 Å². The predicted octanol–water partition coefficient (Wildman–Crippen LogP) is 9.07. The van der Waals surface area contributed by atoms with Crippen LogP contribution in [0.4, 0.5) is 11.4 Å². The average molecular weight is 405 g/mol. The molecule has 0 amide bonds.